The lowest BCUT2D eigenvalue weighted by Gasteiger charge is -2.37. The molecule has 1 saturated heterocycles. The number of rotatable bonds is 5. The molecule has 1 aromatic carbocycles. The fourth-order valence-electron chi connectivity index (χ4n) is 3.38. The first kappa shape index (κ1) is 16.0. The standard InChI is InChI=1S/C18H26O3/c1-13(2)16-10-11-21-18(16,14(3)4)17(19)20-12-15-8-6-5-7-9-15/h5-9,13-14,16H,10-12H2,1-4H3/t16-,18+/m1/s1. The van der Waals surface area contributed by atoms with Gasteiger partial charge in [0, 0.05) is 12.5 Å². The van der Waals surface area contributed by atoms with Gasteiger partial charge in [0.25, 0.3) is 0 Å². The predicted molar refractivity (Wildman–Crippen MR) is 82.7 cm³/mol. The summed E-state index contributed by atoms with van der Waals surface area (Å²) in [5.74, 6) is 0.521. The largest absolute Gasteiger partial charge is 0.459 e. The fourth-order valence-corrected chi connectivity index (χ4v) is 3.38. The van der Waals surface area contributed by atoms with Gasteiger partial charge in [0.05, 0.1) is 0 Å². The molecule has 2 rings (SSSR count). The highest BCUT2D eigenvalue weighted by Gasteiger charge is 2.55. The Morgan fingerprint density at radius 3 is 2.52 bits per heavy atom. The van der Waals surface area contributed by atoms with E-state index in [1.165, 1.54) is 0 Å². The third kappa shape index (κ3) is 3.13. The molecule has 21 heavy (non-hydrogen) atoms. The van der Waals surface area contributed by atoms with E-state index in [-0.39, 0.29) is 17.8 Å². The van der Waals surface area contributed by atoms with Gasteiger partial charge in [-0.15, -0.1) is 0 Å². The van der Waals surface area contributed by atoms with Crippen LogP contribution in [-0.2, 0) is 20.9 Å². The van der Waals surface area contributed by atoms with Crippen LogP contribution in [0, 0.1) is 17.8 Å². The summed E-state index contributed by atoms with van der Waals surface area (Å²) in [4.78, 5) is 12.7. The second-order valence-corrected chi connectivity index (χ2v) is 6.50. The van der Waals surface area contributed by atoms with Gasteiger partial charge in [0.1, 0.15) is 6.61 Å². The topological polar surface area (TPSA) is 35.5 Å². The van der Waals surface area contributed by atoms with Crippen LogP contribution in [0.1, 0.15) is 39.7 Å². The number of hydrogen-bond acceptors (Lipinski definition) is 3. The summed E-state index contributed by atoms with van der Waals surface area (Å²) in [7, 11) is 0. The lowest BCUT2D eigenvalue weighted by molar-refractivity contribution is -0.180. The molecule has 0 unspecified atom stereocenters. The Morgan fingerprint density at radius 1 is 1.29 bits per heavy atom. The summed E-state index contributed by atoms with van der Waals surface area (Å²) < 4.78 is 11.5. The van der Waals surface area contributed by atoms with Crippen LogP contribution >= 0.6 is 0 Å². The molecule has 0 spiro atoms. The van der Waals surface area contributed by atoms with E-state index in [0.717, 1.165) is 12.0 Å². The van der Waals surface area contributed by atoms with Gasteiger partial charge in [0.2, 0.25) is 0 Å². The van der Waals surface area contributed by atoms with E-state index in [0.29, 0.717) is 19.1 Å². The second kappa shape index (κ2) is 6.61. The number of esters is 1. The third-order valence-electron chi connectivity index (χ3n) is 4.51. The van der Waals surface area contributed by atoms with Gasteiger partial charge in [0.15, 0.2) is 5.60 Å². The number of ether oxygens (including phenoxy) is 2. The number of carbonyl (C=O) groups is 1. The van der Waals surface area contributed by atoms with Crippen LogP contribution < -0.4 is 0 Å². The monoisotopic (exact) mass is 290 g/mol. The first-order valence-corrected chi connectivity index (χ1v) is 7.83. The molecule has 116 valence electrons. The van der Waals surface area contributed by atoms with Crippen LogP contribution in [0.5, 0.6) is 0 Å². The van der Waals surface area contributed by atoms with Crippen molar-refractivity contribution in [1.82, 2.24) is 0 Å². The maximum Gasteiger partial charge on any atom is 0.339 e. The zero-order valence-corrected chi connectivity index (χ0v) is 13.5. The summed E-state index contributed by atoms with van der Waals surface area (Å²) in [6.07, 6.45) is 0.927. The smallest absolute Gasteiger partial charge is 0.339 e. The van der Waals surface area contributed by atoms with Gasteiger partial charge >= 0.3 is 5.97 Å². The van der Waals surface area contributed by atoms with E-state index in [1.807, 2.05) is 44.2 Å². The molecule has 0 radical (unpaired) electrons. The molecule has 0 bridgehead atoms. The highest BCUT2D eigenvalue weighted by molar-refractivity contribution is 5.81. The molecule has 0 aliphatic carbocycles. The average Bonchev–Trinajstić information content (AvgIpc) is 2.92. The van der Waals surface area contributed by atoms with Crippen molar-refractivity contribution in [3.63, 3.8) is 0 Å². The Bertz CT molecular complexity index is 467. The molecule has 1 aliphatic rings. The summed E-state index contributed by atoms with van der Waals surface area (Å²) in [6.45, 7) is 9.35. The van der Waals surface area contributed by atoms with Gasteiger partial charge in [-0.05, 0) is 23.8 Å². The quantitative estimate of drug-likeness (QED) is 0.773. The second-order valence-electron chi connectivity index (χ2n) is 6.50. The molecule has 0 aromatic heterocycles. The van der Waals surface area contributed by atoms with E-state index >= 15 is 0 Å². The summed E-state index contributed by atoms with van der Waals surface area (Å²) in [6, 6.07) is 9.78. The molecule has 1 aliphatic heterocycles. The molecule has 0 amide bonds. The summed E-state index contributed by atoms with van der Waals surface area (Å²) in [5.41, 5.74) is 0.215. The van der Waals surface area contributed by atoms with Crippen molar-refractivity contribution in [3.8, 4) is 0 Å². The zero-order chi connectivity index (χ0) is 15.5. The number of benzene rings is 1. The SMILES string of the molecule is CC(C)[C@H]1CCO[C@@]1(C(=O)OCc1ccccc1)C(C)C. The van der Waals surface area contributed by atoms with Crippen LogP contribution in [0.25, 0.3) is 0 Å². The van der Waals surface area contributed by atoms with E-state index in [2.05, 4.69) is 13.8 Å². The lowest BCUT2D eigenvalue weighted by Crippen LogP contribution is -2.51. The molecule has 3 heteroatoms. The van der Waals surface area contributed by atoms with Gasteiger partial charge in [-0.2, -0.15) is 0 Å². The van der Waals surface area contributed by atoms with Gasteiger partial charge in [-0.25, -0.2) is 4.79 Å². The molecule has 3 nitrogen and oxygen atoms in total. The minimum atomic E-state index is -0.789. The van der Waals surface area contributed by atoms with E-state index in [4.69, 9.17) is 9.47 Å². The normalized spacial score (nSPS) is 25.5. The molecule has 1 fully saturated rings. The molecule has 0 saturated carbocycles. The van der Waals surface area contributed by atoms with Gasteiger partial charge in [-0.1, -0.05) is 58.0 Å². The Kier molecular flexibility index (Phi) is 5.04. The van der Waals surface area contributed by atoms with Crippen LogP contribution in [0.3, 0.4) is 0 Å². The van der Waals surface area contributed by atoms with E-state index in [9.17, 15) is 4.79 Å². The first-order valence-electron chi connectivity index (χ1n) is 7.83. The van der Waals surface area contributed by atoms with Crippen molar-refractivity contribution in [2.75, 3.05) is 6.61 Å². The van der Waals surface area contributed by atoms with Crippen LogP contribution in [0.4, 0.5) is 0 Å². The van der Waals surface area contributed by atoms with Crippen molar-refractivity contribution in [3.05, 3.63) is 35.9 Å². The first-order chi connectivity index (χ1) is 9.98. The van der Waals surface area contributed by atoms with E-state index < -0.39 is 5.60 Å². The van der Waals surface area contributed by atoms with Crippen molar-refractivity contribution in [2.45, 2.75) is 46.3 Å². The van der Waals surface area contributed by atoms with Crippen LogP contribution in [0.15, 0.2) is 30.3 Å². The number of hydrogen-bond donors (Lipinski definition) is 0. The molecular formula is C18H26O3. The fraction of sp³-hybridized carbons (Fsp3) is 0.611. The van der Waals surface area contributed by atoms with Crippen molar-refractivity contribution in [1.29, 1.82) is 0 Å². The van der Waals surface area contributed by atoms with Crippen molar-refractivity contribution < 1.29 is 14.3 Å². The Morgan fingerprint density at radius 2 is 1.95 bits per heavy atom. The molecular weight excluding hydrogens is 264 g/mol. The number of carbonyl (C=O) groups excluding carboxylic acids is 1. The minimum absolute atomic E-state index is 0.107. The van der Waals surface area contributed by atoms with Crippen molar-refractivity contribution in [2.24, 2.45) is 17.8 Å². The highest BCUT2D eigenvalue weighted by atomic mass is 16.6. The minimum Gasteiger partial charge on any atom is -0.459 e. The Balaban J connectivity index is 2.13. The van der Waals surface area contributed by atoms with Crippen LogP contribution in [0.2, 0.25) is 0 Å². The molecule has 1 heterocycles. The molecule has 0 N–H and O–H groups in total. The summed E-state index contributed by atoms with van der Waals surface area (Å²) in [5, 5.41) is 0. The Labute approximate surface area is 127 Å². The highest BCUT2D eigenvalue weighted by Crippen LogP contribution is 2.43. The molecule has 1 aromatic rings. The predicted octanol–water partition coefficient (Wildman–Crippen LogP) is 3.82. The summed E-state index contributed by atoms with van der Waals surface area (Å²) >= 11 is 0. The third-order valence-corrected chi connectivity index (χ3v) is 4.51. The maximum absolute atomic E-state index is 12.7. The lowest BCUT2D eigenvalue weighted by atomic mass is 9.73. The van der Waals surface area contributed by atoms with E-state index in [1.54, 1.807) is 0 Å². The average molecular weight is 290 g/mol. The Hall–Kier alpha value is -1.35. The zero-order valence-electron chi connectivity index (χ0n) is 13.5. The maximum atomic E-state index is 12.7. The van der Waals surface area contributed by atoms with Crippen molar-refractivity contribution >= 4 is 5.97 Å². The van der Waals surface area contributed by atoms with Crippen LogP contribution in [-0.4, -0.2) is 18.2 Å². The van der Waals surface area contributed by atoms with Gasteiger partial charge in [-0.3, -0.25) is 0 Å². The van der Waals surface area contributed by atoms with Gasteiger partial charge < -0.3 is 9.47 Å². The molecule has 2 atom stereocenters.